The van der Waals surface area contributed by atoms with Gasteiger partial charge in [0.1, 0.15) is 6.61 Å². The van der Waals surface area contributed by atoms with Gasteiger partial charge in [-0.15, -0.1) is 0 Å². The number of hydrogen-bond acceptors (Lipinski definition) is 6. The van der Waals surface area contributed by atoms with Crippen molar-refractivity contribution < 1.29 is 19.2 Å². The molecule has 0 aromatic rings. The molecule has 0 saturated carbocycles. The predicted octanol–water partition coefficient (Wildman–Crippen LogP) is -1.25. The Bertz CT molecular complexity index is 436. The molecule has 22 heavy (non-hydrogen) atoms. The van der Waals surface area contributed by atoms with E-state index in [1.807, 2.05) is 11.8 Å². The maximum Gasteiger partial charge on any atom is 0.315 e. The van der Waals surface area contributed by atoms with Gasteiger partial charge in [-0.3, -0.25) is 25.3 Å². The number of urea groups is 1. The van der Waals surface area contributed by atoms with Crippen molar-refractivity contribution in [1.29, 1.82) is 0 Å². The van der Waals surface area contributed by atoms with Gasteiger partial charge in [0.25, 0.3) is 5.91 Å². The maximum absolute atomic E-state index is 11.5. The molecule has 2 rings (SSSR count). The molecule has 9 nitrogen and oxygen atoms in total. The highest BCUT2D eigenvalue weighted by molar-refractivity contribution is 8.00. The summed E-state index contributed by atoms with van der Waals surface area (Å²) in [6.07, 6.45) is 2.91. The highest BCUT2D eigenvalue weighted by Crippen LogP contribution is 2.33. The molecule has 124 valence electrons. The molecule has 6 N–H and O–H groups in total. The quantitative estimate of drug-likeness (QED) is 0.225. The number of hydrogen-bond donors (Lipinski definition) is 5. The van der Waals surface area contributed by atoms with Crippen molar-refractivity contribution in [2.75, 3.05) is 12.4 Å². The molecular formula is C12H21N5O4S. The molecule has 0 radical (unpaired) electrons. The van der Waals surface area contributed by atoms with E-state index in [9.17, 15) is 14.4 Å². The van der Waals surface area contributed by atoms with Gasteiger partial charge in [-0.1, -0.05) is 6.42 Å². The van der Waals surface area contributed by atoms with Gasteiger partial charge in [-0.05, 0) is 12.8 Å². The lowest BCUT2D eigenvalue weighted by Gasteiger charge is -2.16. The van der Waals surface area contributed by atoms with Crippen LogP contribution in [0.2, 0.25) is 0 Å². The Hall–Kier alpha value is -1.52. The second kappa shape index (κ2) is 8.20. The molecular weight excluding hydrogens is 310 g/mol. The zero-order valence-electron chi connectivity index (χ0n) is 12.1. The molecule has 0 bridgehead atoms. The first-order valence-corrected chi connectivity index (χ1v) is 8.23. The third-order valence-corrected chi connectivity index (χ3v) is 5.15. The monoisotopic (exact) mass is 331 g/mol. The minimum absolute atomic E-state index is 0.0862. The fourth-order valence-corrected chi connectivity index (χ4v) is 4.13. The Balaban J connectivity index is 1.55. The van der Waals surface area contributed by atoms with Gasteiger partial charge in [-0.25, -0.2) is 10.7 Å². The average Bonchev–Trinajstić information content (AvgIpc) is 3.01. The van der Waals surface area contributed by atoms with Gasteiger partial charge >= 0.3 is 6.03 Å². The van der Waals surface area contributed by atoms with Gasteiger partial charge in [0, 0.05) is 17.4 Å². The highest BCUT2D eigenvalue weighted by atomic mass is 32.2. The summed E-state index contributed by atoms with van der Waals surface area (Å²) in [6, 6.07) is 0.338. The minimum atomic E-state index is -0.506. The second-order valence-electron chi connectivity index (χ2n) is 5.27. The molecule has 2 fully saturated rings. The Morgan fingerprint density at radius 3 is 2.82 bits per heavy atom. The van der Waals surface area contributed by atoms with Crippen LogP contribution in [-0.4, -0.2) is 47.5 Å². The molecule has 0 spiro atoms. The van der Waals surface area contributed by atoms with E-state index in [1.165, 1.54) is 0 Å². The van der Waals surface area contributed by atoms with Crippen LogP contribution in [0.1, 0.15) is 25.7 Å². The van der Waals surface area contributed by atoms with Gasteiger partial charge in [0.05, 0.1) is 12.1 Å². The lowest BCUT2D eigenvalue weighted by molar-refractivity contribution is -0.131. The number of hydrazine groups is 1. The topological polar surface area (TPSA) is 135 Å². The molecule has 1 unspecified atom stereocenters. The van der Waals surface area contributed by atoms with Gasteiger partial charge in [0.2, 0.25) is 5.91 Å². The SMILES string of the molecule is NOCC(=O)NNC(=O)CCCCC1SC[C@@H]2NC(=O)N[C@H]12. The highest BCUT2D eigenvalue weighted by Gasteiger charge is 2.42. The summed E-state index contributed by atoms with van der Waals surface area (Å²) in [5, 5.41) is 6.24. The van der Waals surface area contributed by atoms with Crippen molar-refractivity contribution in [2.45, 2.75) is 43.0 Å². The fourth-order valence-electron chi connectivity index (χ4n) is 2.59. The standard InChI is InChI=1S/C12H21N5O4S/c13-21-5-10(19)17-16-9(18)4-2-1-3-8-11-7(6-22-8)14-12(20)15-11/h7-8,11H,1-6,13H2,(H,16,18)(H,17,19)(H2,14,15,20)/t7-,8?,11-/m0/s1. The zero-order valence-corrected chi connectivity index (χ0v) is 12.9. The Labute approximate surface area is 132 Å². The van der Waals surface area contributed by atoms with Gasteiger partial charge < -0.3 is 10.6 Å². The normalized spacial score (nSPS) is 26.0. The number of amides is 4. The maximum atomic E-state index is 11.5. The number of nitrogens with two attached hydrogens (primary N) is 1. The first-order valence-electron chi connectivity index (χ1n) is 7.18. The third kappa shape index (κ3) is 4.75. The summed E-state index contributed by atoms with van der Waals surface area (Å²) < 4.78 is 0. The number of fused-ring (bicyclic) bond motifs is 1. The number of nitrogens with one attached hydrogen (secondary N) is 4. The smallest absolute Gasteiger partial charge is 0.315 e. The van der Waals surface area contributed by atoms with E-state index >= 15 is 0 Å². The van der Waals surface area contributed by atoms with E-state index in [0.29, 0.717) is 11.7 Å². The second-order valence-corrected chi connectivity index (χ2v) is 6.55. The first-order chi connectivity index (χ1) is 10.6. The molecule has 10 heteroatoms. The Morgan fingerprint density at radius 1 is 1.27 bits per heavy atom. The van der Waals surface area contributed by atoms with Crippen LogP contribution in [0.3, 0.4) is 0 Å². The van der Waals surface area contributed by atoms with Crippen LogP contribution in [0.15, 0.2) is 0 Å². The van der Waals surface area contributed by atoms with Crippen LogP contribution in [0.5, 0.6) is 0 Å². The molecule has 2 saturated heterocycles. The summed E-state index contributed by atoms with van der Waals surface area (Å²) in [7, 11) is 0. The van der Waals surface area contributed by atoms with E-state index in [1.54, 1.807) is 0 Å². The van der Waals surface area contributed by atoms with E-state index in [2.05, 4.69) is 26.3 Å². The number of rotatable bonds is 7. The molecule has 2 heterocycles. The van der Waals surface area contributed by atoms with Crippen LogP contribution < -0.4 is 27.4 Å². The van der Waals surface area contributed by atoms with E-state index in [-0.39, 0.29) is 30.6 Å². The van der Waals surface area contributed by atoms with Crippen LogP contribution in [-0.2, 0) is 14.4 Å². The first kappa shape index (κ1) is 16.8. The molecule has 4 amide bonds. The van der Waals surface area contributed by atoms with Gasteiger partial charge in [-0.2, -0.15) is 11.8 Å². The van der Waals surface area contributed by atoms with Crippen molar-refractivity contribution in [3.63, 3.8) is 0 Å². The van der Waals surface area contributed by atoms with Crippen LogP contribution in [0.25, 0.3) is 0 Å². The van der Waals surface area contributed by atoms with Crippen molar-refractivity contribution in [1.82, 2.24) is 21.5 Å². The predicted molar refractivity (Wildman–Crippen MR) is 80.4 cm³/mol. The fraction of sp³-hybridized carbons (Fsp3) is 0.750. The molecule has 2 aliphatic rings. The van der Waals surface area contributed by atoms with Crippen molar-refractivity contribution >= 4 is 29.6 Å². The van der Waals surface area contributed by atoms with Crippen LogP contribution in [0, 0.1) is 0 Å². The summed E-state index contributed by atoms with van der Waals surface area (Å²) in [5.41, 5.74) is 4.49. The minimum Gasteiger partial charge on any atom is -0.332 e. The lowest BCUT2D eigenvalue weighted by Crippen LogP contribution is -2.43. The summed E-state index contributed by atoms with van der Waals surface area (Å²) in [5.74, 6) is 4.91. The molecule has 2 aliphatic heterocycles. The van der Waals surface area contributed by atoms with Crippen molar-refractivity contribution in [3.8, 4) is 0 Å². The van der Waals surface area contributed by atoms with Crippen LogP contribution in [0.4, 0.5) is 4.79 Å². The van der Waals surface area contributed by atoms with Crippen molar-refractivity contribution in [2.24, 2.45) is 5.90 Å². The lowest BCUT2D eigenvalue weighted by atomic mass is 10.0. The zero-order chi connectivity index (χ0) is 15.9. The molecule has 3 atom stereocenters. The summed E-state index contributed by atoms with van der Waals surface area (Å²) in [6.45, 7) is -0.304. The number of thioether (sulfide) groups is 1. The van der Waals surface area contributed by atoms with E-state index < -0.39 is 5.91 Å². The largest absolute Gasteiger partial charge is 0.332 e. The number of carbonyl (C=O) groups is 3. The molecule has 0 aromatic heterocycles. The summed E-state index contributed by atoms with van der Waals surface area (Å²) >= 11 is 1.85. The third-order valence-electron chi connectivity index (χ3n) is 3.64. The van der Waals surface area contributed by atoms with Gasteiger partial charge in [0.15, 0.2) is 0 Å². The molecule has 0 aromatic carbocycles. The molecule has 0 aliphatic carbocycles. The van der Waals surface area contributed by atoms with E-state index in [4.69, 9.17) is 5.90 Å². The average molecular weight is 331 g/mol. The number of unbranched alkanes of at least 4 members (excludes halogenated alkanes) is 1. The Morgan fingerprint density at radius 2 is 2.05 bits per heavy atom. The van der Waals surface area contributed by atoms with Crippen molar-refractivity contribution in [3.05, 3.63) is 0 Å². The van der Waals surface area contributed by atoms with E-state index in [0.717, 1.165) is 25.0 Å². The summed E-state index contributed by atoms with van der Waals surface area (Å²) in [4.78, 5) is 37.9. The van der Waals surface area contributed by atoms with Crippen LogP contribution >= 0.6 is 11.8 Å². The Kier molecular flexibility index (Phi) is 6.28. The number of carbonyl (C=O) groups excluding carboxylic acids is 3.